The molecule has 2 aromatic rings. The second-order valence-electron chi connectivity index (χ2n) is 5.14. The van der Waals surface area contributed by atoms with Gasteiger partial charge in [0.2, 0.25) is 0 Å². The maximum Gasteiger partial charge on any atom is 0.323 e. The number of imidazole rings is 1. The summed E-state index contributed by atoms with van der Waals surface area (Å²) in [4.78, 5) is 15.5. The molecule has 1 aromatic carbocycles. The zero-order valence-electron chi connectivity index (χ0n) is 11.4. The van der Waals surface area contributed by atoms with Crippen LogP contribution in [-0.4, -0.2) is 33.3 Å². The number of benzene rings is 1. The second-order valence-corrected chi connectivity index (χ2v) is 5.14. The summed E-state index contributed by atoms with van der Waals surface area (Å²) in [5.74, 6) is -0.143. The van der Waals surface area contributed by atoms with Crippen LogP contribution in [-0.2, 0) is 22.5 Å². The minimum Gasteiger partial charge on any atom is -0.480 e. The number of ether oxygens (including phenoxy) is 1. The van der Waals surface area contributed by atoms with Crippen LogP contribution in [0.4, 0.5) is 0 Å². The molecule has 2 rings (SSSR count). The van der Waals surface area contributed by atoms with Crippen LogP contribution >= 0.6 is 0 Å². The van der Waals surface area contributed by atoms with E-state index in [1.165, 1.54) is 0 Å². The third-order valence-electron chi connectivity index (χ3n) is 3.16. The average Bonchev–Trinajstić information content (AvgIpc) is 2.66. The fourth-order valence-electron chi connectivity index (χ4n) is 2.02. The average molecular weight is 262 g/mol. The van der Waals surface area contributed by atoms with Crippen LogP contribution in [0.1, 0.15) is 19.7 Å². The topological polar surface area (TPSA) is 64.4 Å². The lowest BCUT2D eigenvalue weighted by molar-refractivity contribution is -0.137. The normalized spacial score (nSPS) is 11.9. The van der Waals surface area contributed by atoms with Crippen molar-refractivity contribution >= 4 is 17.0 Å². The third kappa shape index (κ3) is 2.93. The Labute approximate surface area is 111 Å². The van der Waals surface area contributed by atoms with Crippen molar-refractivity contribution in [1.29, 1.82) is 0 Å². The van der Waals surface area contributed by atoms with Crippen LogP contribution in [0.2, 0.25) is 0 Å². The van der Waals surface area contributed by atoms with Crippen LogP contribution in [0.25, 0.3) is 11.0 Å². The summed E-state index contributed by atoms with van der Waals surface area (Å²) in [6.07, 6.45) is 0.561. The van der Waals surface area contributed by atoms with Crippen LogP contribution in [0.15, 0.2) is 24.3 Å². The molecule has 1 aromatic heterocycles. The first-order valence-electron chi connectivity index (χ1n) is 6.14. The van der Waals surface area contributed by atoms with E-state index < -0.39 is 5.97 Å². The molecular weight excluding hydrogens is 244 g/mol. The van der Waals surface area contributed by atoms with Crippen molar-refractivity contribution in [3.05, 3.63) is 30.1 Å². The number of nitrogens with zero attached hydrogens (tertiary/aromatic N) is 2. The molecule has 0 fully saturated rings. The number of hydrogen-bond donors (Lipinski definition) is 1. The summed E-state index contributed by atoms with van der Waals surface area (Å²) in [6.45, 7) is 3.82. The fraction of sp³-hybridized carbons (Fsp3) is 0.429. The molecule has 1 N–H and O–H groups in total. The molecule has 0 aliphatic carbocycles. The lowest BCUT2D eigenvalue weighted by Crippen LogP contribution is -2.28. The molecule has 0 bridgehead atoms. The van der Waals surface area contributed by atoms with E-state index in [1.54, 1.807) is 11.7 Å². The Morgan fingerprint density at radius 1 is 1.42 bits per heavy atom. The summed E-state index contributed by atoms with van der Waals surface area (Å²) in [7, 11) is 1.64. The monoisotopic (exact) mass is 262 g/mol. The first-order chi connectivity index (χ1) is 8.93. The quantitative estimate of drug-likeness (QED) is 0.896. The maximum absolute atomic E-state index is 11.0. The maximum atomic E-state index is 11.0. The molecular formula is C14H18N2O3. The zero-order chi connectivity index (χ0) is 14.0. The van der Waals surface area contributed by atoms with Crippen molar-refractivity contribution in [2.75, 3.05) is 7.11 Å². The van der Waals surface area contributed by atoms with E-state index >= 15 is 0 Å². The SMILES string of the molecule is COC(C)(C)Cc1nc2ccccc2n1CC(=O)O. The molecule has 0 aliphatic rings. The molecule has 0 spiro atoms. The second kappa shape index (κ2) is 5.01. The zero-order valence-corrected chi connectivity index (χ0v) is 11.4. The number of methoxy groups -OCH3 is 1. The molecule has 5 nitrogen and oxygen atoms in total. The van der Waals surface area contributed by atoms with Gasteiger partial charge in [0, 0.05) is 13.5 Å². The van der Waals surface area contributed by atoms with Gasteiger partial charge in [0.15, 0.2) is 0 Å². The Kier molecular flexibility index (Phi) is 3.57. The van der Waals surface area contributed by atoms with Crippen molar-refractivity contribution in [1.82, 2.24) is 9.55 Å². The van der Waals surface area contributed by atoms with Gasteiger partial charge in [0.05, 0.1) is 16.6 Å². The molecule has 0 atom stereocenters. The van der Waals surface area contributed by atoms with Gasteiger partial charge in [-0.3, -0.25) is 4.79 Å². The Morgan fingerprint density at radius 3 is 2.74 bits per heavy atom. The number of para-hydroxylation sites is 2. The van der Waals surface area contributed by atoms with Gasteiger partial charge in [-0.05, 0) is 26.0 Å². The molecule has 0 radical (unpaired) electrons. The van der Waals surface area contributed by atoms with Gasteiger partial charge in [0.25, 0.3) is 0 Å². The Hall–Kier alpha value is -1.88. The highest BCUT2D eigenvalue weighted by molar-refractivity contribution is 5.78. The molecule has 0 amide bonds. The summed E-state index contributed by atoms with van der Waals surface area (Å²) >= 11 is 0. The number of aromatic nitrogens is 2. The molecule has 0 unspecified atom stereocenters. The first-order valence-corrected chi connectivity index (χ1v) is 6.14. The van der Waals surface area contributed by atoms with Gasteiger partial charge in [0.1, 0.15) is 12.4 Å². The van der Waals surface area contributed by atoms with E-state index in [-0.39, 0.29) is 12.1 Å². The van der Waals surface area contributed by atoms with Crippen molar-refractivity contribution in [3.63, 3.8) is 0 Å². The van der Waals surface area contributed by atoms with E-state index in [2.05, 4.69) is 4.98 Å². The minimum absolute atomic E-state index is 0.0877. The molecule has 5 heteroatoms. The van der Waals surface area contributed by atoms with E-state index in [0.717, 1.165) is 16.9 Å². The molecule has 1 heterocycles. The number of carboxylic acid groups (broad SMARTS) is 1. The predicted molar refractivity (Wildman–Crippen MR) is 72.2 cm³/mol. The van der Waals surface area contributed by atoms with Gasteiger partial charge in [-0.25, -0.2) is 4.98 Å². The standard InChI is InChI=1S/C14H18N2O3/c1-14(2,19-3)8-12-15-10-6-4-5-7-11(10)16(12)9-13(17)18/h4-7H,8-9H2,1-3H3,(H,17,18). The van der Waals surface area contributed by atoms with Gasteiger partial charge in [-0.1, -0.05) is 12.1 Å². The lowest BCUT2D eigenvalue weighted by atomic mass is 10.1. The number of rotatable bonds is 5. The highest BCUT2D eigenvalue weighted by atomic mass is 16.5. The number of fused-ring (bicyclic) bond motifs is 1. The van der Waals surface area contributed by atoms with Crippen molar-refractivity contribution in [2.45, 2.75) is 32.4 Å². The van der Waals surface area contributed by atoms with Gasteiger partial charge < -0.3 is 14.4 Å². The summed E-state index contributed by atoms with van der Waals surface area (Å²) in [5, 5.41) is 9.04. The molecule has 0 saturated carbocycles. The molecule has 0 saturated heterocycles. The number of aliphatic carboxylic acids is 1. The van der Waals surface area contributed by atoms with Crippen molar-refractivity contribution < 1.29 is 14.6 Å². The van der Waals surface area contributed by atoms with Gasteiger partial charge in [-0.15, -0.1) is 0 Å². The van der Waals surface area contributed by atoms with Crippen LogP contribution in [0.5, 0.6) is 0 Å². The van der Waals surface area contributed by atoms with Gasteiger partial charge in [-0.2, -0.15) is 0 Å². The van der Waals surface area contributed by atoms with E-state index in [9.17, 15) is 4.79 Å². The van der Waals surface area contributed by atoms with E-state index in [4.69, 9.17) is 9.84 Å². The van der Waals surface area contributed by atoms with Crippen molar-refractivity contribution in [3.8, 4) is 0 Å². The largest absolute Gasteiger partial charge is 0.480 e. The number of carboxylic acids is 1. The van der Waals surface area contributed by atoms with Crippen LogP contribution in [0, 0.1) is 0 Å². The lowest BCUT2D eigenvalue weighted by Gasteiger charge is -2.22. The van der Waals surface area contributed by atoms with Crippen molar-refractivity contribution in [2.24, 2.45) is 0 Å². The smallest absolute Gasteiger partial charge is 0.323 e. The van der Waals surface area contributed by atoms with E-state index in [0.29, 0.717) is 6.42 Å². The van der Waals surface area contributed by atoms with Crippen LogP contribution in [0.3, 0.4) is 0 Å². The van der Waals surface area contributed by atoms with Crippen LogP contribution < -0.4 is 0 Å². The summed E-state index contributed by atoms with van der Waals surface area (Å²) < 4.78 is 7.13. The molecule has 102 valence electrons. The summed E-state index contributed by atoms with van der Waals surface area (Å²) in [5.41, 5.74) is 1.27. The minimum atomic E-state index is -0.875. The number of hydrogen-bond acceptors (Lipinski definition) is 3. The fourth-order valence-corrected chi connectivity index (χ4v) is 2.02. The molecule has 0 aliphatic heterocycles. The predicted octanol–water partition coefficient (Wildman–Crippen LogP) is 2.09. The highest BCUT2D eigenvalue weighted by Gasteiger charge is 2.22. The highest BCUT2D eigenvalue weighted by Crippen LogP contribution is 2.21. The Morgan fingerprint density at radius 2 is 2.11 bits per heavy atom. The number of carbonyl (C=O) groups is 1. The first kappa shape index (κ1) is 13.5. The summed E-state index contributed by atoms with van der Waals surface area (Å²) in [6, 6.07) is 7.55. The molecule has 19 heavy (non-hydrogen) atoms. The van der Waals surface area contributed by atoms with Gasteiger partial charge >= 0.3 is 5.97 Å². The third-order valence-corrected chi connectivity index (χ3v) is 3.16. The van der Waals surface area contributed by atoms with E-state index in [1.807, 2.05) is 38.1 Å². The Bertz CT molecular complexity index is 602. The Balaban J connectivity index is 2.49.